The molecular weight excluding hydrogens is 285 g/mol. The van der Waals surface area contributed by atoms with Gasteiger partial charge in [-0.1, -0.05) is 17.7 Å². The molecule has 0 aliphatic carbocycles. The Hall–Kier alpha value is -1.39. The number of anilines is 1. The van der Waals surface area contributed by atoms with Crippen LogP contribution in [0.15, 0.2) is 41.3 Å². The fourth-order valence-corrected chi connectivity index (χ4v) is 3.30. The predicted molar refractivity (Wildman–Crippen MR) is 77.1 cm³/mol. The lowest BCUT2D eigenvalue weighted by Gasteiger charge is -2.08. The molecule has 2 N–H and O–H groups in total. The molecule has 0 amide bonds. The van der Waals surface area contributed by atoms with Crippen LogP contribution in [-0.4, -0.2) is 4.21 Å². The molecule has 2 rings (SSSR count). The number of hydrogen-bond donors (Lipinski definition) is 1. The third kappa shape index (κ3) is 3.33. The molecule has 0 radical (unpaired) electrons. The Morgan fingerprint density at radius 1 is 1.26 bits per heavy atom. The molecule has 1 atom stereocenters. The van der Waals surface area contributed by atoms with Gasteiger partial charge in [-0.3, -0.25) is 4.21 Å². The van der Waals surface area contributed by atoms with Crippen molar-refractivity contribution >= 4 is 28.1 Å². The van der Waals surface area contributed by atoms with Gasteiger partial charge in [-0.25, -0.2) is 4.39 Å². The minimum absolute atomic E-state index is 0.143. The maximum atomic E-state index is 13.2. The maximum absolute atomic E-state index is 13.2. The van der Waals surface area contributed by atoms with E-state index in [-0.39, 0.29) is 5.75 Å². The van der Waals surface area contributed by atoms with Crippen molar-refractivity contribution in [1.82, 2.24) is 0 Å². The molecule has 1 unspecified atom stereocenters. The van der Waals surface area contributed by atoms with E-state index >= 15 is 0 Å². The second-order valence-corrected chi connectivity index (χ2v) is 6.09. The van der Waals surface area contributed by atoms with E-state index in [4.69, 9.17) is 17.3 Å². The largest absolute Gasteiger partial charge is 0.398 e. The lowest BCUT2D eigenvalue weighted by Crippen LogP contribution is -2.02. The Morgan fingerprint density at radius 3 is 2.74 bits per heavy atom. The normalized spacial score (nSPS) is 12.4. The predicted octanol–water partition coefficient (Wildman–Crippen LogP) is 3.68. The van der Waals surface area contributed by atoms with Gasteiger partial charge >= 0.3 is 0 Å². The van der Waals surface area contributed by atoms with Crippen molar-refractivity contribution in [3.8, 4) is 0 Å². The minimum atomic E-state index is -1.35. The number of aryl methyl sites for hydroxylation is 1. The van der Waals surface area contributed by atoms with Gasteiger partial charge in [0.15, 0.2) is 0 Å². The summed E-state index contributed by atoms with van der Waals surface area (Å²) in [5.41, 5.74) is 7.77. The van der Waals surface area contributed by atoms with Gasteiger partial charge < -0.3 is 5.73 Å². The molecular formula is C14H13ClFNOS. The van der Waals surface area contributed by atoms with E-state index in [1.807, 2.05) is 13.0 Å². The van der Waals surface area contributed by atoms with Gasteiger partial charge in [0, 0.05) is 10.7 Å². The second-order valence-electron chi connectivity index (χ2n) is 4.27. The third-order valence-electron chi connectivity index (χ3n) is 2.71. The first-order valence-electron chi connectivity index (χ1n) is 5.66. The van der Waals surface area contributed by atoms with Crippen molar-refractivity contribution in [2.24, 2.45) is 0 Å². The highest BCUT2D eigenvalue weighted by Crippen LogP contribution is 2.24. The fourth-order valence-electron chi connectivity index (χ4n) is 1.71. The van der Waals surface area contributed by atoms with Gasteiger partial charge in [0.2, 0.25) is 0 Å². The maximum Gasteiger partial charge on any atom is 0.123 e. The first-order chi connectivity index (χ1) is 8.97. The highest BCUT2D eigenvalue weighted by atomic mass is 35.5. The van der Waals surface area contributed by atoms with Crippen molar-refractivity contribution in [3.05, 3.63) is 58.4 Å². The minimum Gasteiger partial charge on any atom is -0.398 e. The Balaban J connectivity index is 2.30. The summed E-state index contributed by atoms with van der Waals surface area (Å²) < 4.78 is 25.5. The van der Waals surface area contributed by atoms with Crippen LogP contribution in [0.4, 0.5) is 10.1 Å². The van der Waals surface area contributed by atoms with Gasteiger partial charge in [0.05, 0.1) is 21.4 Å². The number of hydrogen-bond acceptors (Lipinski definition) is 2. The van der Waals surface area contributed by atoms with Crippen LogP contribution in [0, 0.1) is 12.7 Å². The molecule has 100 valence electrons. The molecule has 0 aromatic heterocycles. The highest BCUT2D eigenvalue weighted by molar-refractivity contribution is 7.84. The lowest BCUT2D eigenvalue weighted by atomic mass is 10.2. The summed E-state index contributed by atoms with van der Waals surface area (Å²) in [4.78, 5) is 0.556. The molecule has 0 spiro atoms. The topological polar surface area (TPSA) is 43.1 Å². The standard InChI is InChI=1S/C14H13ClFNOS/c1-9-2-5-13(17)14(6-9)19(18)8-10-7-11(16)3-4-12(10)15/h2-7H,8,17H2,1H3. The van der Waals surface area contributed by atoms with Crippen LogP contribution in [0.3, 0.4) is 0 Å². The quantitative estimate of drug-likeness (QED) is 0.878. The molecule has 0 aliphatic heterocycles. The second kappa shape index (κ2) is 5.72. The summed E-state index contributed by atoms with van der Waals surface area (Å²) in [6.07, 6.45) is 0. The van der Waals surface area contributed by atoms with Gasteiger partial charge in [0.25, 0.3) is 0 Å². The average Bonchev–Trinajstić information content (AvgIpc) is 2.36. The zero-order valence-corrected chi connectivity index (χ0v) is 11.9. The highest BCUT2D eigenvalue weighted by Gasteiger charge is 2.12. The summed E-state index contributed by atoms with van der Waals surface area (Å²) in [6, 6.07) is 9.38. The molecule has 2 nitrogen and oxygen atoms in total. The van der Waals surface area contributed by atoms with Crippen LogP contribution in [0.2, 0.25) is 5.02 Å². The number of nitrogens with two attached hydrogens (primary N) is 1. The molecule has 2 aromatic rings. The van der Waals surface area contributed by atoms with Gasteiger partial charge in [-0.15, -0.1) is 0 Å². The average molecular weight is 298 g/mol. The summed E-state index contributed by atoms with van der Waals surface area (Å²) in [6.45, 7) is 1.90. The first-order valence-corrected chi connectivity index (χ1v) is 7.35. The molecule has 0 aliphatic rings. The van der Waals surface area contributed by atoms with E-state index in [1.54, 1.807) is 12.1 Å². The van der Waals surface area contributed by atoms with E-state index in [0.29, 0.717) is 21.2 Å². The molecule has 19 heavy (non-hydrogen) atoms. The molecule has 0 heterocycles. The Labute approximate surface area is 118 Å². The zero-order valence-electron chi connectivity index (χ0n) is 10.3. The van der Waals surface area contributed by atoms with Crippen LogP contribution in [0.25, 0.3) is 0 Å². The van der Waals surface area contributed by atoms with E-state index in [2.05, 4.69) is 0 Å². The van der Waals surface area contributed by atoms with Crippen molar-refractivity contribution in [2.45, 2.75) is 17.6 Å². The molecule has 0 saturated carbocycles. The van der Waals surface area contributed by atoms with Gasteiger partial charge in [0.1, 0.15) is 5.82 Å². The van der Waals surface area contributed by atoms with Crippen LogP contribution >= 0.6 is 11.6 Å². The summed E-state index contributed by atoms with van der Waals surface area (Å²) in [5, 5.41) is 0.404. The van der Waals surface area contributed by atoms with Crippen molar-refractivity contribution < 1.29 is 8.60 Å². The molecule has 5 heteroatoms. The first kappa shape index (κ1) is 14.0. The number of nitrogen functional groups attached to an aromatic ring is 1. The van der Waals surface area contributed by atoms with Crippen molar-refractivity contribution in [1.29, 1.82) is 0 Å². The molecule has 0 fully saturated rings. The van der Waals surface area contributed by atoms with Crippen LogP contribution in [-0.2, 0) is 16.6 Å². The van der Waals surface area contributed by atoms with E-state index in [0.717, 1.165) is 5.56 Å². The number of halogens is 2. The van der Waals surface area contributed by atoms with Crippen LogP contribution in [0.1, 0.15) is 11.1 Å². The summed E-state index contributed by atoms with van der Waals surface area (Å²) in [7, 11) is -1.35. The van der Waals surface area contributed by atoms with Crippen LogP contribution in [0.5, 0.6) is 0 Å². The van der Waals surface area contributed by atoms with E-state index in [1.165, 1.54) is 18.2 Å². The van der Waals surface area contributed by atoms with Crippen LogP contribution < -0.4 is 5.73 Å². The van der Waals surface area contributed by atoms with E-state index < -0.39 is 16.6 Å². The van der Waals surface area contributed by atoms with Gasteiger partial charge in [-0.05, 0) is 48.4 Å². The van der Waals surface area contributed by atoms with Crippen molar-refractivity contribution in [2.75, 3.05) is 5.73 Å². The van der Waals surface area contributed by atoms with Crippen molar-refractivity contribution in [3.63, 3.8) is 0 Å². The fraction of sp³-hybridized carbons (Fsp3) is 0.143. The molecule has 0 saturated heterocycles. The number of rotatable bonds is 3. The lowest BCUT2D eigenvalue weighted by molar-refractivity contribution is 0.626. The molecule has 2 aromatic carbocycles. The smallest absolute Gasteiger partial charge is 0.123 e. The SMILES string of the molecule is Cc1ccc(N)c(S(=O)Cc2cc(F)ccc2Cl)c1. The monoisotopic (exact) mass is 297 g/mol. The number of benzene rings is 2. The Morgan fingerprint density at radius 2 is 2.00 bits per heavy atom. The summed E-state index contributed by atoms with van der Waals surface area (Å²) in [5.74, 6) is -0.252. The van der Waals surface area contributed by atoms with Gasteiger partial charge in [-0.2, -0.15) is 0 Å². The zero-order chi connectivity index (χ0) is 14.0. The Bertz CT molecular complexity index is 645. The summed E-state index contributed by atoms with van der Waals surface area (Å²) >= 11 is 5.97. The third-order valence-corrected chi connectivity index (χ3v) is 4.49. The molecule has 0 bridgehead atoms. The van der Waals surface area contributed by atoms with E-state index in [9.17, 15) is 8.60 Å². The Kier molecular flexibility index (Phi) is 4.22.